The van der Waals surface area contributed by atoms with Crippen LogP contribution in [0.5, 0.6) is 0 Å². The van der Waals surface area contributed by atoms with Gasteiger partial charge in [-0.1, -0.05) is 19.1 Å². The number of aliphatic hydroxyl groups excluding tert-OH is 1. The average molecular weight is 241 g/mol. The molecule has 17 heavy (non-hydrogen) atoms. The minimum Gasteiger partial charge on any atom is -0.481 e. The second-order valence-corrected chi connectivity index (χ2v) is 4.51. The van der Waals surface area contributed by atoms with E-state index in [1.165, 1.54) is 0 Å². The van der Waals surface area contributed by atoms with Gasteiger partial charge in [-0.05, 0) is 19.3 Å². The Morgan fingerprint density at radius 2 is 2.06 bits per heavy atom. The molecule has 0 radical (unpaired) electrons. The van der Waals surface area contributed by atoms with E-state index >= 15 is 0 Å². The molecule has 1 unspecified atom stereocenters. The van der Waals surface area contributed by atoms with Gasteiger partial charge < -0.3 is 10.2 Å². The van der Waals surface area contributed by atoms with Gasteiger partial charge in [0.15, 0.2) is 0 Å². The summed E-state index contributed by atoms with van der Waals surface area (Å²) >= 11 is 0. The van der Waals surface area contributed by atoms with Crippen LogP contribution in [0.3, 0.4) is 0 Å². The largest absolute Gasteiger partial charge is 0.481 e. The summed E-state index contributed by atoms with van der Waals surface area (Å²) in [5, 5.41) is 25.9. The van der Waals surface area contributed by atoms with E-state index in [4.69, 9.17) is 5.11 Å². The smallest absolute Gasteiger partial charge is 0.309 e. The summed E-state index contributed by atoms with van der Waals surface area (Å²) in [5.74, 6) is -0.747. The summed E-state index contributed by atoms with van der Waals surface area (Å²) in [7, 11) is 0. The molecule has 0 saturated carbocycles. The lowest BCUT2D eigenvalue weighted by molar-refractivity contribution is -0.136. The van der Waals surface area contributed by atoms with Gasteiger partial charge in [-0.25, -0.2) is 4.68 Å². The number of rotatable bonds is 6. The number of carboxylic acid groups (broad SMARTS) is 1. The van der Waals surface area contributed by atoms with E-state index in [9.17, 15) is 9.90 Å². The van der Waals surface area contributed by atoms with E-state index in [-0.39, 0.29) is 12.3 Å². The van der Waals surface area contributed by atoms with Crippen molar-refractivity contribution in [3.05, 3.63) is 11.4 Å². The highest BCUT2D eigenvalue weighted by atomic mass is 16.4. The number of carboxylic acids is 1. The summed E-state index contributed by atoms with van der Waals surface area (Å²) in [6.45, 7) is 6.22. The molecular weight excluding hydrogens is 222 g/mol. The molecule has 0 amide bonds. The molecule has 0 saturated heterocycles. The summed E-state index contributed by atoms with van der Waals surface area (Å²) < 4.78 is 1.69. The molecule has 1 aromatic rings. The highest BCUT2D eigenvalue weighted by molar-refractivity contribution is 5.69. The van der Waals surface area contributed by atoms with Gasteiger partial charge in [0, 0.05) is 6.54 Å². The van der Waals surface area contributed by atoms with Crippen LogP contribution in [0, 0.1) is 0 Å². The van der Waals surface area contributed by atoms with Crippen molar-refractivity contribution in [1.29, 1.82) is 0 Å². The van der Waals surface area contributed by atoms with Gasteiger partial charge >= 0.3 is 5.97 Å². The van der Waals surface area contributed by atoms with Crippen molar-refractivity contribution >= 4 is 5.97 Å². The molecule has 0 bridgehead atoms. The third kappa shape index (κ3) is 3.81. The zero-order valence-electron chi connectivity index (χ0n) is 10.4. The Hall–Kier alpha value is -1.43. The van der Waals surface area contributed by atoms with Crippen LogP contribution in [0.2, 0.25) is 0 Å². The van der Waals surface area contributed by atoms with Crippen molar-refractivity contribution in [2.75, 3.05) is 0 Å². The minimum absolute atomic E-state index is 0.109. The van der Waals surface area contributed by atoms with Crippen LogP contribution in [-0.4, -0.2) is 37.3 Å². The zero-order valence-corrected chi connectivity index (χ0v) is 10.4. The maximum absolute atomic E-state index is 10.7. The minimum atomic E-state index is -0.908. The molecule has 0 aliphatic carbocycles. The molecule has 0 fully saturated rings. The molecular formula is C11H19N3O3. The molecule has 0 aromatic carbocycles. The molecule has 0 spiro atoms. The van der Waals surface area contributed by atoms with Crippen molar-refractivity contribution < 1.29 is 15.0 Å². The lowest BCUT2D eigenvalue weighted by Crippen LogP contribution is -2.13. The SMILES string of the molecule is CC(O)CCn1nnc(CC(=O)O)c1C(C)C. The Kier molecular flexibility index (Phi) is 4.62. The monoisotopic (exact) mass is 241 g/mol. The molecule has 1 aromatic heterocycles. The van der Waals surface area contributed by atoms with Crippen molar-refractivity contribution in [3.8, 4) is 0 Å². The molecule has 1 rings (SSSR count). The topological polar surface area (TPSA) is 88.2 Å². The Morgan fingerprint density at radius 1 is 1.41 bits per heavy atom. The van der Waals surface area contributed by atoms with Gasteiger partial charge in [-0.2, -0.15) is 0 Å². The molecule has 0 aliphatic heterocycles. The van der Waals surface area contributed by atoms with E-state index < -0.39 is 12.1 Å². The number of aliphatic hydroxyl groups is 1. The van der Waals surface area contributed by atoms with Crippen molar-refractivity contribution in [2.24, 2.45) is 0 Å². The second-order valence-electron chi connectivity index (χ2n) is 4.51. The van der Waals surface area contributed by atoms with Crippen molar-refractivity contribution in [2.45, 2.75) is 52.2 Å². The molecule has 0 aliphatic rings. The molecule has 6 nitrogen and oxygen atoms in total. The van der Waals surface area contributed by atoms with Crippen LogP contribution in [0.1, 0.15) is 44.5 Å². The highest BCUT2D eigenvalue weighted by Crippen LogP contribution is 2.18. The summed E-state index contributed by atoms with van der Waals surface area (Å²) in [4.78, 5) is 10.7. The summed E-state index contributed by atoms with van der Waals surface area (Å²) in [6, 6.07) is 0. The first-order chi connectivity index (χ1) is 7.91. The van der Waals surface area contributed by atoms with Crippen LogP contribution >= 0.6 is 0 Å². The van der Waals surface area contributed by atoms with Crippen LogP contribution in [0.25, 0.3) is 0 Å². The fourth-order valence-electron chi connectivity index (χ4n) is 1.73. The van der Waals surface area contributed by atoms with Gasteiger partial charge in [-0.15, -0.1) is 5.10 Å². The Morgan fingerprint density at radius 3 is 2.53 bits per heavy atom. The predicted octanol–water partition coefficient (Wildman–Crippen LogP) is 0.799. The predicted molar refractivity (Wildman–Crippen MR) is 61.7 cm³/mol. The van der Waals surface area contributed by atoms with Crippen molar-refractivity contribution in [1.82, 2.24) is 15.0 Å². The van der Waals surface area contributed by atoms with Crippen LogP contribution < -0.4 is 0 Å². The van der Waals surface area contributed by atoms with E-state index in [0.29, 0.717) is 18.7 Å². The van der Waals surface area contributed by atoms with Crippen molar-refractivity contribution in [3.63, 3.8) is 0 Å². The summed E-state index contributed by atoms with van der Waals surface area (Å²) in [5.41, 5.74) is 1.35. The maximum Gasteiger partial charge on any atom is 0.309 e. The zero-order chi connectivity index (χ0) is 13.0. The third-order valence-corrected chi connectivity index (χ3v) is 2.47. The highest BCUT2D eigenvalue weighted by Gasteiger charge is 2.18. The Balaban J connectivity index is 2.90. The second kappa shape index (κ2) is 5.77. The van der Waals surface area contributed by atoms with E-state index in [2.05, 4.69) is 10.3 Å². The average Bonchev–Trinajstić information content (AvgIpc) is 2.56. The van der Waals surface area contributed by atoms with E-state index in [1.807, 2.05) is 13.8 Å². The van der Waals surface area contributed by atoms with Gasteiger partial charge in [0.05, 0.1) is 23.9 Å². The lowest BCUT2D eigenvalue weighted by Gasteiger charge is -2.11. The third-order valence-electron chi connectivity index (χ3n) is 2.47. The number of nitrogens with zero attached hydrogens (tertiary/aromatic N) is 3. The first-order valence-corrected chi connectivity index (χ1v) is 5.74. The quantitative estimate of drug-likeness (QED) is 0.769. The van der Waals surface area contributed by atoms with Crippen LogP contribution in [0.15, 0.2) is 0 Å². The number of carbonyl (C=O) groups is 1. The molecule has 6 heteroatoms. The number of aryl methyl sites for hydroxylation is 1. The number of aromatic nitrogens is 3. The number of hydrogen-bond donors (Lipinski definition) is 2. The lowest BCUT2D eigenvalue weighted by atomic mass is 10.1. The molecule has 96 valence electrons. The fourth-order valence-corrected chi connectivity index (χ4v) is 1.73. The molecule has 1 atom stereocenters. The molecule has 2 N–H and O–H groups in total. The molecule has 1 heterocycles. The summed E-state index contributed by atoms with van der Waals surface area (Å²) in [6.07, 6.45) is 0.0692. The van der Waals surface area contributed by atoms with Gasteiger partial charge in [0.1, 0.15) is 0 Å². The fraction of sp³-hybridized carbons (Fsp3) is 0.727. The van der Waals surface area contributed by atoms with Crippen LogP contribution in [0.4, 0.5) is 0 Å². The van der Waals surface area contributed by atoms with Gasteiger partial charge in [0.2, 0.25) is 0 Å². The van der Waals surface area contributed by atoms with Crippen LogP contribution in [-0.2, 0) is 17.8 Å². The first kappa shape index (κ1) is 13.6. The Bertz CT molecular complexity index is 385. The van der Waals surface area contributed by atoms with E-state index in [1.54, 1.807) is 11.6 Å². The number of aliphatic carboxylic acids is 1. The van der Waals surface area contributed by atoms with Gasteiger partial charge in [-0.3, -0.25) is 4.79 Å². The maximum atomic E-state index is 10.7. The van der Waals surface area contributed by atoms with E-state index in [0.717, 1.165) is 5.69 Å². The van der Waals surface area contributed by atoms with Gasteiger partial charge in [0.25, 0.3) is 0 Å². The first-order valence-electron chi connectivity index (χ1n) is 5.74. The Labute approximate surface area is 100 Å². The standard InChI is InChI=1S/C11H19N3O3/c1-7(2)11-9(6-10(16)17)12-13-14(11)5-4-8(3)15/h7-8,15H,4-6H2,1-3H3,(H,16,17). The normalized spacial score (nSPS) is 13.0. The number of hydrogen-bond acceptors (Lipinski definition) is 4.